The summed E-state index contributed by atoms with van der Waals surface area (Å²) in [5.74, 6) is 0. The average molecular weight is 516 g/mol. The maximum atomic E-state index is 13.4. The van der Waals surface area contributed by atoms with Crippen LogP contribution in [0.4, 0.5) is 29.7 Å². The van der Waals surface area contributed by atoms with Crippen LogP contribution in [0.2, 0.25) is 4.34 Å². The van der Waals surface area contributed by atoms with E-state index in [1.54, 1.807) is 12.1 Å². The van der Waals surface area contributed by atoms with Crippen molar-refractivity contribution in [3.63, 3.8) is 0 Å². The number of benzene rings is 2. The molecule has 2 aromatic carbocycles. The summed E-state index contributed by atoms with van der Waals surface area (Å²) in [5, 5.41) is 2.67. The highest BCUT2D eigenvalue weighted by atomic mass is 35.5. The second-order valence-corrected chi connectivity index (χ2v) is 11.3. The number of aromatic nitrogens is 1. The number of anilines is 3. The van der Waals surface area contributed by atoms with E-state index >= 15 is 0 Å². The molecule has 1 aliphatic heterocycles. The highest BCUT2D eigenvalue weighted by Crippen LogP contribution is 2.40. The van der Waals surface area contributed by atoms with Crippen molar-refractivity contribution in [3.8, 4) is 0 Å². The maximum absolute atomic E-state index is 13.4. The third kappa shape index (κ3) is 5.12. The molecule has 176 valence electrons. The summed E-state index contributed by atoms with van der Waals surface area (Å²) in [4.78, 5) is 6.20. The lowest BCUT2D eigenvalue weighted by atomic mass is 10.1. The predicted octanol–water partition coefficient (Wildman–Crippen LogP) is 6.69. The quantitative estimate of drug-likeness (QED) is 0.410. The van der Waals surface area contributed by atoms with Crippen molar-refractivity contribution < 1.29 is 21.6 Å². The van der Waals surface area contributed by atoms with Crippen LogP contribution >= 0.6 is 22.9 Å². The first-order chi connectivity index (χ1) is 15.6. The van der Waals surface area contributed by atoms with Crippen molar-refractivity contribution in [2.45, 2.75) is 42.3 Å². The molecule has 0 unspecified atom stereocenters. The van der Waals surface area contributed by atoms with Crippen molar-refractivity contribution in [1.29, 1.82) is 0 Å². The van der Waals surface area contributed by atoms with E-state index in [-0.39, 0.29) is 25.1 Å². The van der Waals surface area contributed by atoms with E-state index in [1.807, 2.05) is 11.8 Å². The molecule has 0 radical (unpaired) electrons. The molecule has 0 bridgehead atoms. The van der Waals surface area contributed by atoms with Gasteiger partial charge in [0.2, 0.25) is 9.84 Å². The molecule has 5 nitrogen and oxygen atoms in total. The van der Waals surface area contributed by atoms with Gasteiger partial charge in [-0.1, -0.05) is 40.6 Å². The molecule has 1 saturated heterocycles. The molecule has 4 rings (SSSR count). The molecule has 33 heavy (non-hydrogen) atoms. The smallest absolute Gasteiger partial charge is 0.370 e. The van der Waals surface area contributed by atoms with Crippen LogP contribution in [-0.2, 0) is 16.0 Å². The Labute approximate surface area is 199 Å². The highest BCUT2D eigenvalue weighted by Gasteiger charge is 2.32. The number of sulfone groups is 1. The van der Waals surface area contributed by atoms with Crippen LogP contribution in [0.1, 0.15) is 30.4 Å². The van der Waals surface area contributed by atoms with Gasteiger partial charge in [0.05, 0.1) is 21.8 Å². The fourth-order valence-corrected chi connectivity index (χ4v) is 6.49. The van der Waals surface area contributed by atoms with E-state index in [1.165, 1.54) is 18.2 Å². The molecule has 0 atom stereocenters. The Morgan fingerprint density at radius 3 is 2.36 bits per heavy atom. The molecule has 3 aromatic rings. The van der Waals surface area contributed by atoms with Crippen molar-refractivity contribution in [2.75, 3.05) is 23.3 Å². The molecule has 2 heterocycles. The number of hydrogen-bond donors (Lipinski definition) is 1. The number of thiazole rings is 1. The van der Waals surface area contributed by atoms with Crippen LogP contribution in [0.3, 0.4) is 0 Å². The van der Waals surface area contributed by atoms with Gasteiger partial charge >= 0.3 is 6.18 Å². The lowest BCUT2D eigenvalue weighted by molar-refractivity contribution is -0.137. The number of hydrogen-bond acceptors (Lipinski definition) is 6. The van der Waals surface area contributed by atoms with Gasteiger partial charge in [0, 0.05) is 13.1 Å². The molecule has 11 heteroatoms. The van der Waals surface area contributed by atoms with E-state index < -0.39 is 21.6 Å². The van der Waals surface area contributed by atoms with E-state index in [0.29, 0.717) is 5.69 Å². The molecule has 0 spiro atoms. The lowest BCUT2D eigenvalue weighted by Gasteiger charge is -2.31. The Hall–Kier alpha value is -2.30. The van der Waals surface area contributed by atoms with Gasteiger partial charge in [-0.2, -0.15) is 13.2 Å². The third-order valence-electron chi connectivity index (χ3n) is 5.41. The molecule has 1 aromatic heterocycles. The zero-order valence-electron chi connectivity index (χ0n) is 17.6. The number of aryl methyl sites for hydroxylation is 1. The zero-order chi connectivity index (χ0) is 23.8. The Bertz CT molecular complexity index is 1250. The number of rotatable bonds is 5. The zero-order valence-corrected chi connectivity index (χ0v) is 20.0. The molecule has 1 fully saturated rings. The van der Waals surface area contributed by atoms with Crippen LogP contribution in [0.5, 0.6) is 0 Å². The summed E-state index contributed by atoms with van der Waals surface area (Å²) in [6.07, 6.45) is -1.55. The Morgan fingerprint density at radius 2 is 1.73 bits per heavy atom. The highest BCUT2D eigenvalue weighted by molar-refractivity contribution is 7.91. The largest absolute Gasteiger partial charge is 0.416 e. The standard InChI is InChI=1S/C22H21ClF3N3O2S2/c1-14-5-8-16(9-6-14)33(30,31)20-19(23)32-21(28-20)27-17-13-15(22(24,25)26)7-10-18(17)29-11-3-2-4-12-29/h5-10,13H,2-4,11-12H2,1H3,(H,27,28). The lowest BCUT2D eigenvalue weighted by Crippen LogP contribution is -2.30. The second kappa shape index (κ2) is 9.15. The number of nitrogens with zero attached hydrogens (tertiary/aromatic N) is 2. The summed E-state index contributed by atoms with van der Waals surface area (Å²) in [7, 11) is -3.98. The van der Waals surface area contributed by atoms with Crippen LogP contribution in [0.15, 0.2) is 52.4 Å². The Kier molecular flexibility index (Phi) is 6.61. The van der Waals surface area contributed by atoms with Gasteiger partial charge < -0.3 is 10.2 Å². The van der Waals surface area contributed by atoms with E-state index in [0.717, 1.165) is 61.4 Å². The minimum atomic E-state index is -4.52. The second-order valence-electron chi connectivity index (χ2n) is 7.82. The summed E-state index contributed by atoms with van der Waals surface area (Å²) in [6.45, 7) is 3.29. The van der Waals surface area contributed by atoms with Gasteiger partial charge in [-0.05, 0) is 56.5 Å². The van der Waals surface area contributed by atoms with Gasteiger partial charge in [0.1, 0.15) is 4.34 Å². The van der Waals surface area contributed by atoms with Crippen molar-refractivity contribution in [2.24, 2.45) is 0 Å². The fourth-order valence-electron chi connectivity index (χ4n) is 3.67. The van der Waals surface area contributed by atoms with Crippen LogP contribution in [0.25, 0.3) is 0 Å². The average Bonchev–Trinajstić information content (AvgIpc) is 3.15. The van der Waals surface area contributed by atoms with Crippen LogP contribution in [0, 0.1) is 6.92 Å². The summed E-state index contributed by atoms with van der Waals surface area (Å²) in [6, 6.07) is 9.78. The first-order valence-electron chi connectivity index (χ1n) is 10.3. The van der Waals surface area contributed by atoms with Gasteiger partial charge in [-0.3, -0.25) is 0 Å². The fraction of sp³-hybridized carbons (Fsp3) is 0.318. The number of halogens is 4. The Morgan fingerprint density at radius 1 is 1.06 bits per heavy atom. The van der Waals surface area contributed by atoms with Gasteiger partial charge in [-0.25, -0.2) is 13.4 Å². The molecule has 1 N–H and O–H groups in total. The topological polar surface area (TPSA) is 62.3 Å². The normalized spacial score (nSPS) is 15.0. The SMILES string of the molecule is Cc1ccc(S(=O)(=O)c2nc(Nc3cc(C(F)(F)F)ccc3N3CCCCC3)sc2Cl)cc1. The monoisotopic (exact) mass is 515 g/mol. The van der Waals surface area contributed by atoms with Crippen molar-refractivity contribution in [1.82, 2.24) is 4.98 Å². The molecule has 0 amide bonds. The first kappa shape index (κ1) is 23.8. The summed E-state index contributed by atoms with van der Waals surface area (Å²) in [5.41, 5.74) is 0.907. The van der Waals surface area contributed by atoms with Crippen molar-refractivity contribution in [3.05, 3.63) is 57.9 Å². The summed E-state index contributed by atoms with van der Waals surface area (Å²) >= 11 is 7.08. The van der Waals surface area contributed by atoms with E-state index in [9.17, 15) is 21.6 Å². The van der Waals surface area contributed by atoms with Gasteiger partial charge in [-0.15, -0.1) is 0 Å². The third-order valence-corrected chi connectivity index (χ3v) is 8.51. The molecule has 0 aliphatic carbocycles. The van der Waals surface area contributed by atoms with Crippen LogP contribution < -0.4 is 10.2 Å². The first-order valence-corrected chi connectivity index (χ1v) is 12.9. The van der Waals surface area contributed by atoms with Gasteiger partial charge in [0.25, 0.3) is 0 Å². The Balaban J connectivity index is 1.71. The van der Waals surface area contributed by atoms with E-state index in [2.05, 4.69) is 10.3 Å². The minimum Gasteiger partial charge on any atom is -0.370 e. The molecule has 0 saturated carbocycles. The molecular weight excluding hydrogens is 495 g/mol. The van der Waals surface area contributed by atoms with Crippen molar-refractivity contribution >= 4 is 49.3 Å². The summed E-state index contributed by atoms with van der Waals surface area (Å²) < 4.78 is 66.0. The number of alkyl halides is 3. The number of piperidine rings is 1. The van der Waals surface area contributed by atoms with Gasteiger partial charge in [0.15, 0.2) is 10.2 Å². The van der Waals surface area contributed by atoms with E-state index in [4.69, 9.17) is 11.6 Å². The molecule has 1 aliphatic rings. The predicted molar refractivity (Wildman–Crippen MR) is 125 cm³/mol. The molecular formula is C22H21ClF3N3O2S2. The number of nitrogens with one attached hydrogen (secondary N) is 1. The maximum Gasteiger partial charge on any atom is 0.416 e. The van der Waals surface area contributed by atoms with Crippen LogP contribution in [-0.4, -0.2) is 26.5 Å². The minimum absolute atomic E-state index is 0.0416.